The molecule has 0 radical (unpaired) electrons. The van der Waals surface area contributed by atoms with Crippen molar-refractivity contribution >= 4 is 16.4 Å². The van der Waals surface area contributed by atoms with Crippen molar-refractivity contribution in [1.29, 1.82) is 0 Å². The number of carbonyl (C=O) groups is 1. The van der Waals surface area contributed by atoms with Gasteiger partial charge in [0.2, 0.25) is 0 Å². The summed E-state index contributed by atoms with van der Waals surface area (Å²) in [5.41, 5.74) is 4.57. The van der Waals surface area contributed by atoms with Gasteiger partial charge in [0.25, 0.3) is 0 Å². The second-order valence-corrected chi connectivity index (χ2v) is 2.52. The van der Waals surface area contributed by atoms with Crippen LogP contribution in [0.2, 0.25) is 0 Å². The highest BCUT2D eigenvalue weighted by Crippen LogP contribution is 1.81. The van der Waals surface area contributed by atoms with Crippen molar-refractivity contribution in [3.63, 3.8) is 0 Å². The molecule has 0 spiro atoms. The summed E-state index contributed by atoms with van der Waals surface area (Å²) in [6.07, 6.45) is 0. The summed E-state index contributed by atoms with van der Waals surface area (Å²) in [7, 11) is -4.17. The molecule has 0 aliphatic heterocycles. The Morgan fingerprint density at radius 3 is 1.92 bits per heavy atom. The SMILES string of the molecule is CCOS(=O)(=O)O.NCC(=O)O. The van der Waals surface area contributed by atoms with Gasteiger partial charge >= 0.3 is 16.4 Å². The van der Waals surface area contributed by atoms with E-state index in [0.29, 0.717) is 0 Å². The standard InChI is InChI=1S/C2H5NO2.C2H6O4S/c3-1-2(4)5;1-2-6-7(3,4)5/h1,3H2,(H,4,5);2H2,1H3,(H,3,4,5). The Kier molecular flexibility index (Phi) is 8.06. The van der Waals surface area contributed by atoms with Gasteiger partial charge in [0, 0.05) is 0 Å². The zero-order valence-electron chi connectivity index (χ0n) is 6.43. The molecule has 0 aromatic carbocycles. The predicted octanol–water partition coefficient (Wildman–Crippen LogP) is -1.14. The van der Waals surface area contributed by atoms with Gasteiger partial charge in [0.15, 0.2) is 0 Å². The molecule has 0 bridgehead atoms. The highest BCUT2D eigenvalue weighted by Gasteiger charge is 1.98. The van der Waals surface area contributed by atoms with Crippen molar-refractivity contribution in [2.24, 2.45) is 5.73 Å². The normalized spacial score (nSPS) is 9.92. The Morgan fingerprint density at radius 2 is 1.92 bits per heavy atom. The Labute approximate surface area is 70.1 Å². The van der Waals surface area contributed by atoms with Crippen molar-refractivity contribution in [2.75, 3.05) is 13.2 Å². The van der Waals surface area contributed by atoms with Gasteiger partial charge in [-0.2, -0.15) is 8.42 Å². The fourth-order valence-corrected chi connectivity index (χ4v) is 0.447. The largest absolute Gasteiger partial charge is 0.480 e. The lowest BCUT2D eigenvalue weighted by molar-refractivity contribution is -0.135. The molecule has 0 aliphatic carbocycles. The second kappa shape index (κ2) is 6.98. The molecule has 4 N–H and O–H groups in total. The maximum Gasteiger partial charge on any atom is 0.397 e. The van der Waals surface area contributed by atoms with Crippen LogP contribution in [0, 0.1) is 0 Å². The summed E-state index contributed by atoms with van der Waals surface area (Å²) in [5.74, 6) is -0.968. The Bertz CT molecular complexity index is 210. The molecule has 0 heterocycles. The van der Waals surface area contributed by atoms with Gasteiger partial charge in [0.1, 0.15) is 0 Å². The molecule has 0 fully saturated rings. The molecule has 0 saturated heterocycles. The Hall–Kier alpha value is -0.700. The molecule has 0 saturated carbocycles. The zero-order valence-corrected chi connectivity index (χ0v) is 7.24. The highest BCUT2D eigenvalue weighted by molar-refractivity contribution is 7.80. The van der Waals surface area contributed by atoms with Gasteiger partial charge in [-0.05, 0) is 6.92 Å². The molecule has 8 heteroatoms. The first-order valence-corrected chi connectivity index (χ1v) is 4.23. The van der Waals surface area contributed by atoms with Gasteiger partial charge in [-0.25, -0.2) is 4.18 Å². The van der Waals surface area contributed by atoms with Crippen LogP contribution in [0.15, 0.2) is 0 Å². The van der Waals surface area contributed by atoms with Gasteiger partial charge in [-0.1, -0.05) is 0 Å². The average molecular weight is 201 g/mol. The van der Waals surface area contributed by atoms with E-state index in [9.17, 15) is 13.2 Å². The van der Waals surface area contributed by atoms with Crippen molar-refractivity contribution in [1.82, 2.24) is 0 Å². The zero-order chi connectivity index (χ0) is 10.2. The minimum atomic E-state index is -4.17. The van der Waals surface area contributed by atoms with E-state index >= 15 is 0 Å². The number of hydrogen-bond acceptors (Lipinski definition) is 5. The summed E-state index contributed by atoms with van der Waals surface area (Å²) >= 11 is 0. The smallest absolute Gasteiger partial charge is 0.397 e. The molecule has 12 heavy (non-hydrogen) atoms. The second-order valence-electron chi connectivity index (χ2n) is 1.43. The molecular formula is C4H11NO6S. The van der Waals surface area contributed by atoms with Crippen molar-refractivity contribution in [2.45, 2.75) is 6.92 Å². The van der Waals surface area contributed by atoms with Gasteiger partial charge in [0.05, 0.1) is 13.2 Å². The number of rotatable bonds is 3. The van der Waals surface area contributed by atoms with Crippen LogP contribution < -0.4 is 5.73 Å². The monoisotopic (exact) mass is 201 g/mol. The predicted molar refractivity (Wildman–Crippen MR) is 39.9 cm³/mol. The Balaban J connectivity index is 0. The van der Waals surface area contributed by atoms with Crippen LogP contribution in [-0.2, 0) is 19.4 Å². The topological polar surface area (TPSA) is 127 Å². The lowest BCUT2D eigenvalue weighted by Crippen LogP contribution is -2.10. The van der Waals surface area contributed by atoms with Crippen LogP contribution in [0.3, 0.4) is 0 Å². The molecule has 0 unspecified atom stereocenters. The average Bonchev–Trinajstić information content (AvgIpc) is 1.86. The van der Waals surface area contributed by atoms with Crippen LogP contribution in [0.1, 0.15) is 6.92 Å². The molecule has 0 atom stereocenters. The summed E-state index contributed by atoms with van der Waals surface area (Å²) in [4.78, 5) is 9.24. The van der Waals surface area contributed by atoms with Crippen molar-refractivity contribution in [3.05, 3.63) is 0 Å². The van der Waals surface area contributed by atoms with Crippen LogP contribution in [0.4, 0.5) is 0 Å². The Morgan fingerprint density at radius 1 is 1.58 bits per heavy atom. The lowest BCUT2D eigenvalue weighted by atomic mass is 10.7. The number of nitrogens with two attached hydrogens (primary N) is 1. The third-order valence-corrected chi connectivity index (χ3v) is 0.975. The quantitative estimate of drug-likeness (QED) is 0.492. The van der Waals surface area contributed by atoms with Crippen molar-refractivity contribution < 1.29 is 27.1 Å². The summed E-state index contributed by atoms with van der Waals surface area (Å²) in [5, 5.41) is 7.60. The molecular weight excluding hydrogens is 190 g/mol. The summed E-state index contributed by atoms with van der Waals surface area (Å²) < 4.78 is 30.7. The van der Waals surface area contributed by atoms with Crippen LogP contribution in [-0.4, -0.2) is 37.2 Å². The van der Waals surface area contributed by atoms with Gasteiger partial charge in [-0.15, -0.1) is 0 Å². The molecule has 0 aromatic heterocycles. The highest BCUT2D eigenvalue weighted by atomic mass is 32.3. The lowest BCUT2D eigenvalue weighted by Gasteiger charge is -1.88. The first-order chi connectivity index (χ1) is 5.33. The molecule has 0 amide bonds. The number of carboxylic acids is 1. The number of carboxylic acid groups (broad SMARTS) is 1. The first kappa shape index (κ1) is 13.9. The van der Waals surface area contributed by atoms with Crippen molar-refractivity contribution in [3.8, 4) is 0 Å². The molecule has 0 aromatic rings. The van der Waals surface area contributed by atoms with Crippen LogP contribution in [0.5, 0.6) is 0 Å². The number of aliphatic carboxylic acids is 1. The summed E-state index contributed by atoms with van der Waals surface area (Å²) in [6.45, 7) is 1.16. The van der Waals surface area contributed by atoms with E-state index in [4.69, 9.17) is 9.66 Å². The number of hydrogen-bond donors (Lipinski definition) is 3. The van der Waals surface area contributed by atoms with E-state index in [1.807, 2.05) is 0 Å². The minimum Gasteiger partial charge on any atom is -0.480 e. The van der Waals surface area contributed by atoms with Crippen LogP contribution in [0.25, 0.3) is 0 Å². The van der Waals surface area contributed by atoms with E-state index in [1.165, 1.54) is 6.92 Å². The van der Waals surface area contributed by atoms with E-state index in [0.717, 1.165) is 0 Å². The molecule has 0 aliphatic rings. The fourth-order valence-electron chi connectivity index (χ4n) is 0.149. The van der Waals surface area contributed by atoms with E-state index in [1.54, 1.807) is 0 Å². The molecule has 74 valence electrons. The van der Waals surface area contributed by atoms with Crippen LogP contribution >= 0.6 is 0 Å². The van der Waals surface area contributed by atoms with Gasteiger partial charge < -0.3 is 10.8 Å². The third kappa shape index (κ3) is 22.8. The maximum atomic E-state index is 9.56. The minimum absolute atomic E-state index is 0.0289. The van der Waals surface area contributed by atoms with Gasteiger partial charge in [-0.3, -0.25) is 9.35 Å². The third-order valence-electron chi connectivity index (χ3n) is 0.441. The fraction of sp³-hybridized carbons (Fsp3) is 0.750. The molecule has 0 rings (SSSR count). The van der Waals surface area contributed by atoms with E-state index < -0.39 is 16.4 Å². The molecule has 7 nitrogen and oxygen atoms in total. The maximum absolute atomic E-state index is 9.56. The van der Waals surface area contributed by atoms with E-state index in [2.05, 4.69) is 9.92 Å². The summed E-state index contributed by atoms with van der Waals surface area (Å²) in [6, 6.07) is 0. The first-order valence-electron chi connectivity index (χ1n) is 2.87. The van der Waals surface area contributed by atoms with E-state index in [-0.39, 0.29) is 13.2 Å².